The van der Waals surface area contributed by atoms with Crippen LogP contribution in [0.3, 0.4) is 0 Å². The van der Waals surface area contributed by atoms with Gasteiger partial charge in [0.2, 0.25) is 0 Å². The highest BCUT2D eigenvalue weighted by Gasteiger charge is 2.16. The highest BCUT2D eigenvalue weighted by Crippen LogP contribution is 2.26. The normalized spacial score (nSPS) is 9.93. The molecule has 0 saturated carbocycles. The molecule has 0 aromatic heterocycles. The first-order valence-corrected chi connectivity index (χ1v) is 5.40. The Kier molecular flexibility index (Phi) is 5.48. The fourth-order valence-corrected chi connectivity index (χ4v) is 1.39. The molecule has 0 amide bonds. The van der Waals surface area contributed by atoms with Crippen LogP contribution in [-0.4, -0.2) is 0 Å². The Hall–Kier alpha value is -0.920. The SMILES string of the molecule is CC.Cc1cc(F)c(C(C)C)c(F)c1C. The second kappa shape index (κ2) is 5.84. The third kappa shape index (κ3) is 3.01. The first kappa shape index (κ1) is 14.1. The maximum Gasteiger partial charge on any atom is 0.132 e. The molecule has 0 aliphatic carbocycles. The van der Waals surface area contributed by atoms with Crippen molar-refractivity contribution in [1.29, 1.82) is 0 Å². The van der Waals surface area contributed by atoms with E-state index in [4.69, 9.17) is 0 Å². The van der Waals surface area contributed by atoms with Crippen LogP contribution >= 0.6 is 0 Å². The lowest BCUT2D eigenvalue weighted by atomic mass is 9.97. The summed E-state index contributed by atoms with van der Waals surface area (Å²) in [5.74, 6) is -0.942. The summed E-state index contributed by atoms with van der Waals surface area (Å²) in [5.41, 5.74) is 1.41. The van der Waals surface area contributed by atoms with Crippen LogP contribution in [0.15, 0.2) is 6.07 Å². The van der Waals surface area contributed by atoms with E-state index in [1.807, 2.05) is 13.8 Å². The van der Waals surface area contributed by atoms with Crippen LogP contribution in [0, 0.1) is 25.5 Å². The van der Waals surface area contributed by atoms with Gasteiger partial charge in [-0.25, -0.2) is 8.78 Å². The summed E-state index contributed by atoms with van der Waals surface area (Å²) in [5, 5.41) is 0. The fourth-order valence-electron chi connectivity index (χ4n) is 1.39. The van der Waals surface area contributed by atoms with Gasteiger partial charge in [-0.2, -0.15) is 0 Å². The molecule has 0 N–H and O–H groups in total. The van der Waals surface area contributed by atoms with Gasteiger partial charge in [0.1, 0.15) is 11.6 Å². The molecule has 0 radical (unpaired) electrons. The molecule has 1 aromatic carbocycles. The lowest BCUT2D eigenvalue weighted by molar-refractivity contribution is 0.534. The maximum absolute atomic E-state index is 13.5. The molecule has 0 spiro atoms. The zero-order valence-electron chi connectivity index (χ0n) is 10.4. The number of benzene rings is 1. The quantitative estimate of drug-likeness (QED) is 0.634. The third-order valence-electron chi connectivity index (χ3n) is 2.34. The predicted molar refractivity (Wildman–Crippen MR) is 61.3 cm³/mol. The average Bonchev–Trinajstić information content (AvgIpc) is 2.17. The molecular formula is C13H20F2. The number of rotatable bonds is 1. The lowest BCUT2D eigenvalue weighted by Gasteiger charge is -2.12. The van der Waals surface area contributed by atoms with Crippen molar-refractivity contribution in [1.82, 2.24) is 0 Å². The zero-order valence-corrected chi connectivity index (χ0v) is 10.4. The number of hydrogen-bond acceptors (Lipinski definition) is 0. The van der Waals surface area contributed by atoms with Crippen LogP contribution < -0.4 is 0 Å². The van der Waals surface area contributed by atoms with Crippen LogP contribution in [-0.2, 0) is 0 Å². The molecule has 0 aliphatic heterocycles. The van der Waals surface area contributed by atoms with E-state index >= 15 is 0 Å². The van der Waals surface area contributed by atoms with Gasteiger partial charge in [0.25, 0.3) is 0 Å². The van der Waals surface area contributed by atoms with Gasteiger partial charge in [-0.15, -0.1) is 0 Å². The Morgan fingerprint density at radius 1 is 1.07 bits per heavy atom. The molecule has 0 fully saturated rings. The number of aryl methyl sites for hydroxylation is 1. The Labute approximate surface area is 91.3 Å². The Bertz CT molecular complexity index is 328. The second-order valence-electron chi connectivity index (χ2n) is 3.68. The fraction of sp³-hybridized carbons (Fsp3) is 0.538. The molecule has 0 unspecified atom stereocenters. The Morgan fingerprint density at radius 3 is 1.93 bits per heavy atom. The van der Waals surface area contributed by atoms with Gasteiger partial charge in [0, 0.05) is 5.56 Å². The van der Waals surface area contributed by atoms with Crippen molar-refractivity contribution in [2.45, 2.75) is 47.5 Å². The monoisotopic (exact) mass is 214 g/mol. The smallest absolute Gasteiger partial charge is 0.132 e. The summed E-state index contributed by atoms with van der Waals surface area (Å²) in [6.07, 6.45) is 0. The third-order valence-corrected chi connectivity index (χ3v) is 2.34. The number of hydrogen-bond donors (Lipinski definition) is 0. The Morgan fingerprint density at radius 2 is 1.53 bits per heavy atom. The minimum Gasteiger partial charge on any atom is -0.207 e. The molecule has 0 bridgehead atoms. The zero-order chi connectivity index (χ0) is 12.2. The van der Waals surface area contributed by atoms with Crippen molar-refractivity contribution >= 4 is 0 Å². The van der Waals surface area contributed by atoms with E-state index in [9.17, 15) is 8.78 Å². The van der Waals surface area contributed by atoms with Crippen molar-refractivity contribution in [3.63, 3.8) is 0 Å². The van der Waals surface area contributed by atoms with E-state index in [0.717, 1.165) is 0 Å². The van der Waals surface area contributed by atoms with Crippen molar-refractivity contribution in [2.75, 3.05) is 0 Å². The average molecular weight is 214 g/mol. The molecule has 1 aromatic rings. The minimum atomic E-state index is -0.435. The summed E-state index contributed by atoms with van der Waals surface area (Å²) < 4.78 is 26.8. The molecular weight excluding hydrogens is 194 g/mol. The van der Waals surface area contributed by atoms with E-state index in [1.165, 1.54) is 6.07 Å². The number of halogens is 2. The molecule has 0 aliphatic rings. The van der Waals surface area contributed by atoms with E-state index < -0.39 is 11.6 Å². The Balaban J connectivity index is 0.000000921. The summed E-state index contributed by atoms with van der Waals surface area (Å²) in [4.78, 5) is 0. The molecule has 1 rings (SSSR count). The standard InChI is InChI=1S/C11H14F2.C2H6/c1-6(2)10-9(12)5-7(3)8(4)11(10)13;1-2/h5-6H,1-4H3;1-2H3. The van der Waals surface area contributed by atoms with Gasteiger partial charge in [-0.1, -0.05) is 27.7 Å². The summed E-state index contributed by atoms with van der Waals surface area (Å²) in [7, 11) is 0. The van der Waals surface area contributed by atoms with Gasteiger partial charge in [-0.05, 0) is 37.0 Å². The van der Waals surface area contributed by atoms with Crippen molar-refractivity contribution in [2.24, 2.45) is 0 Å². The first-order valence-electron chi connectivity index (χ1n) is 5.40. The van der Waals surface area contributed by atoms with Gasteiger partial charge in [0.15, 0.2) is 0 Å². The highest BCUT2D eigenvalue weighted by molar-refractivity contribution is 5.34. The minimum absolute atomic E-state index is 0.112. The summed E-state index contributed by atoms with van der Waals surface area (Å²) in [6, 6.07) is 1.40. The van der Waals surface area contributed by atoms with Crippen LogP contribution in [0.4, 0.5) is 8.78 Å². The van der Waals surface area contributed by atoms with E-state index in [-0.39, 0.29) is 11.5 Å². The molecule has 86 valence electrons. The van der Waals surface area contributed by atoms with E-state index in [2.05, 4.69) is 0 Å². The van der Waals surface area contributed by atoms with Gasteiger partial charge in [-0.3, -0.25) is 0 Å². The highest BCUT2D eigenvalue weighted by atomic mass is 19.1. The first-order chi connectivity index (χ1) is 6.95. The summed E-state index contributed by atoms with van der Waals surface area (Å²) >= 11 is 0. The van der Waals surface area contributed by atoms with Crippen LogP contribution in [0.5, 0.6) is 0 Å². The van der Waals surface area contributed by atoms with Crippen LogP contribution in [0.1, 0.15) is 50.3 Å². The second-order valence-corrected chi connectivity index (χ2v) is 3.68. The van der Waals surface area contributed by atoms with Gasteiger partial charge in [0.05, 0.1) is 0 Å². The molecule has 0 saturated heterocycles. The van der Waals surface area contributed by atoms with Crippen LogP contribution in [0.25, 0.3) is 0 Å². The van der Waals surface area contributed by atoms with Gasteiger partial charge < -0.3 is 0 Å². The lowest BCUT2D eigenvalue weighted by Crippen LogP contribution is -2.02. The molecule has 2 heteroatoms. The van der Waals surface area contributed by atoms with Gasteiger partial charge >= 0.3 is 0 Å². The topological polar surface area (TPSA) is 0 Å². The van der Waals surface area contributed by atoms with Crippen LogP contribution in [0.2, 0.25) is 0 Å². The summed E-state index contributed by atoms with van der Waals surface area (Å²) in [6.45, 7) is 11.0. The maximum atomic E-state index is 13.5. The van der Waals surface area contributed by atoms with E-state index in [0.29, 0.717) is 11.1 Å². The molecule has 0 nitrogen and oxygen atoms in total. The largest absolute Gasteiger partial charge is 0.207 e. The van der Waals surface area contributed by atoms with E-state index in [1.54, 1.807) is 27.7 Å². The van der Waals surface area contributed by atoms with Crippen molar-refractivity contribution in [3.8, 4) is 0 Å². The molecule has 0 atom stereocenters. The molecule has 0 heterocycles. The van der Waals surface area contributed by atoms with Crippen molar-refractivity contribution in [3.05, 3.63) is 34.4 Å². The predicted octanol–water partition coefficient (Wildman–Crippen LogP) is 4.73. The van der Waals surface area contributed by atoms with Crippen molar-refractivity contribution < 1.29 is 8.78 Å². The molecule has 15 heavy (non-hydrogen) atoms.